The number of nitrogens with zero attached hydrogens (tertiary/aromatic N) is 4. The van der Waals surface area contributed by atoms with Crippen molar-refractivity contribution in [1.82, 2.24) is 14.5 Å². The second-order valence-corrected chi connectivity index (χ2v) is 11.6. The summed E-state index contributed by atoms with van der Waals surface area (Å²) >= 11 is 2.00. The molecule has 1 atom stereocenters. The molecule has 0 spiro atoms. The Hall–Kier alpha value is -3.03. The highest BCUT2D eigenvalue weighted by atomic mass is 32.2. The monoisotopic (exact) mass is 514 g/mol. The van der Waals surface area contributed by atoms with Crippen molar-refractivity contribution in [2.45, 2.75) is 38.8 Å². The molecule has 1 unspecified atom stereocenters. The van der Waals surface area contributed by atoms with E-state index in [0.29, 0.717) is 17.9 Å². The Morgan fingerprint density at radius 2 is 1.54 bits per heavy atom. The third-order valence-electron chi connectivity index (χ3n) is 8.18. The predicted molar refractivity (Wildman–Crippen MR) is 150 cm³/mol. The Bertz CT molecular complexity index is 1330. The minimum Gasteiger partial charge on any atom is -0.314 e. The highest BCUT2D eigenvalue weighted by Gasteiger charge is 2.39. The summed E-state index contributed by atoms with van der Waals surface area (Å²) in [7, 11) is 0. The van der Waals surface area contributed by atoms with Crippen molar-refractivity contribution in [1.29, 1.82) is 0 Å². The topological polar surface area (TPSA) is 48.8 Å². The van der Waals surface area contributed by atoms with Gasteiger partial charge in [0.05, 0.1) is 6.04 Å². The van der Waals surface area contributed by atoms with E-state index < -0.39 is 0 Å². The van der Waals surface area contributed by atoms with E-state index in [2.05, 4.69) is 65.4 Å². The average molecular weight is 515 g/mol. The third-order valence-corrected chi connectivity index (χ3v) is 9.12. The molecule has 0 N–H and O–H groups in total. The van der Waals surface area contributed by atoms with Crippen molar-refractivity contribution in [3.8, 4) is 0 Å². The van der Waals surface area contributed by atoms with Gasteiger partial charge in [-0.25, -0.2) is 0 Å². The summed E-state index contributed by atoms with van der Waals surface area (Å²) in [5.41, 5.74) is 6.12. The SMILES string of the molecule is Cc1c2n(ccc1=O)N(C1c3ccccc3CCc3ccccc31)CN(C(C)CN1CCSCC1)C2=O. The normalized spacial score (nSPS) is 19.1. The molecule has 1 saturated heterocycles. The second-order valence-electron chi connectivity index (χ2n) is 10.4. The van der Waals surface area contributed by atoms with E-state index in [1.54, 1.807) is 19.2 Å². The zero-order chi connectivity index (χ0) is 25.5. The lowest BCUT2D eigenvalue weighted by Crippen LogP contribution is -2.60. The standard InChI is InChI=1S/C30H34N4O2S/c1-21(19-31-15-17-37-18-16-31)32-20-34(33-14-13-27(35)22(2)28(33)30(32)36)29-25-9-5-3-7-23(25)11-12-24-8-4-6-10-26(24)29/h3-10,13-14,21,29H,11-12,15-20H2,1-2H3. The molecule has 2 aromatic carbocycles. The zero-order valence-electron chi connectivity index (χ0n) is 21.6. The first-order valence-electron chi connectivity index (χ1n) is 13.3. The number of carbonyl (C=O) groups excluding carboxylic acids is 1. The number of carbonyl (C=O) groups is 1. The number of hydrogen-bond acceptors (Lipinski definition) is 5. The number of aryl methyl sites for hydroxylation is 2. The van der Waals surface area contributed by atoms with Gasteiger partial charge in [0, 0.05) is 55.0 Å². The summed E-state index contributed by atoms with van der Waals surface area (Å²) in [5.74, 6) is 2.22. The van der Waals surface area contributed by atoms with Crippen LogP contribution in [-0.4, -0.2) is 64.2 Å². The Morgan fingerprint density at radius 3 is 2.19 bits per heavy atom. The molecule has 1 aliphatic carbocycles. The van der Waals surface area contributed by atoms with Crippen LogP contribution in [0.1, 0.15) is 51.3 Å². The molecule has 2 aliphatic heterocycles. The number of thioether (sulfide) groups is 1. The van der Waals surface area contributed by atoms with E-state index in [0.717, 1.165) is 44.0 Å². The molecule has 1 aromatic heterocycles. The quantitative estimate of drug-likeness (QED) is 0.530. The van der Waals surface area contributed by atoms with E-state index in [1.807, 2.05) is 21.3 Å². The van der Waals surface area contributed by atoms with Gasteiger partial charge < -0.3 is 4.90 Å². The number of aromatic nitrogens is 1. The van der Waals surface area contributed by atoms with Crippen molar-refractivity contribution in [2.75, 3.05) is 42.8 Å². The fourth-order valence-corrected chi connectivity index (χ4v) is 7.12. The van der Waals surface area contributed by atoms with Gasteiger partial charge in [0.25, 0.3) is 5.91 Å². The molecule has 1 amide bonds. The van der Waals surface area contributed by atoms with E-state index in [4.69, 9.17) is 0 Å². The zero-order valence-corrected chi connectivity index (χ0v) is 22.4. The maximum Gasteiger partial charge on any atom is 0.274 e. The second kappa shape index (κ2) is 10.0. The molecule has 3 aliphatic rings. The van der Waals surface area contributed by atoms with E-state index in [9.17, 15) is 9.59 Å². The maximum absolute atomic E-state index is 14.0. The number of amides is 1. The van der Waals surface area contributed by atoms with Gasteiger partial charge in [-0.2, -0.15) is 11.8 Å². The molecule has 192 valence electrons. The van der Waals surface area contributed by atoms with Gasteiger partial charge in [0.1, 0.15) is 12.4 Å². The maximum atomic E-state index is 14.0. The Morgan fingerprint density at radius 1 is 0.919 bits per heavy atom. The van der Waals surface area contributed by atoms with Gasteiger partial charge in [-0.1, -0.05) is 48.5 Å². The van der Waals surface area contributed by atoms with Crippen LogP contribution in [0.15, 0.2) is 65.6 Å². The first-order chi connectivity index (χ1) is 18.0. The number of hydrogen-bond donors (Lipinski definition) is 0. The molecule has 0 radical (unpaired) electrons. The molecule has 6 nitrogen and oxygen atoms in total. The van der Waals surface area contributed by atoms with Crippen LogP contribution in [-0.2, 0) is 12.8 Å². The van der Waals surface area contributed by atoms with Crippen LogP contribution < -0.4 is 10.4 Å². The highest BCUT2D eigenvalue weighted by molar-refractivity contribution is 7.99. The minimum absolute atomic E-state index is 0.0258. The van der Waals surface area contributed by atoms with Crippen LogP contribution in [0.4, 0.5) is 0 Å². The Balaban J connectivity index is 1.48. The molecule has 0 bridgehead atoms. The summed E-state index contributed by atoms with van der Waals surface area (Å²) in [5, 5.41) is 2.30. The van der Waals surface area contributed by atoms with Crippen molar-refractivity contribution < 1.29 is 4.79 Å². The molecule has 3 heterocycles. The third kappa shape index (κ3) is 4.38. The first kappa shape index (κ1) is 24.3. The molecule has 7 heteroatoms. The van der Waals surface area contributed by atoms with Gasteiger partial charge in [-0.15, -0.1) is 0 Å². The molecule has 37 heavy (non-hydrogen) atoms. The van der Waals surface area contributed by atoms with Gasteiger partial charge in [-0.05, 0) is 48.9 Å². The lowest BCUT2D eigenvalue weighted by atomic mass is 9.94. The summed E-state index contributed by atoms with van der Waals surface area (Å²) < 4.78 is 1.96. The van der Waals surface area contributed by atoms with Crippen LogP contribution in [0, 0.1) is 6.92 Å². The minimum atomic E-state index is -0.0937. The fraction of sp³-hybridized carbons (Fsp3) is 0.400. The van der Waals surface area contributed by atoms with Crippen molar-refractivity contribution in [3.05, 3.63) is 105 Å². The van der Waals surface area contributed by atoms with Crippen molar-refractivity contribution in [3.63, 3.8) is 0 Å². The lowest BCUT2D eigenvalue weighted by molar-refractivity contribution is 0.0565. The molecular weight excluding hydrogens is 480 g/mol. The van der Waals surface area contributed by atoms with E-state index in [-0.39, 0.29) is 23.4 Å². The largest absolute Gasteiger partial charge is 0.314 e. The highest BCUT2D eigenvalue weighted by Crippen LogP contribution is 2.38. The number of fused-ring (bicyclic) bond motifs is 3. The predicted octanol–water partition coefficient (Wildman–Crippen LogP) is 3.83. The summed E-state index contributed by atoms with van der Waals surface area (Å²) in [6.07, 6.45) is 3.77. The van der Waals surface area contributed by atoms with Crippen molar-refractivity contribution in [2.24, 2.45) is 0 Å². The number of pyridine rings is 1. The summed E-state index contributed by atoms with van der Waals surface area (Å²) in [4.78, 5) is 31.2. The van der Waals surface area contributed by atoms with E-state index in [1.165, 1.54) is 22.3 Å². The lowest BCUT2D eigenvalue weighted by Gasteiger charge is -2.47. The van der Waals surface area contributed by atoms with Gasteiger partial charge in [0.15, 0.2) is 5.43 Å². The van der Waals surface area contributed by atoms with Crippen LogP contribution >= 0.6 is 11.8 Å². The molecule has 1 fully saturated rings. The number of rotatable bonds is 4. The number of benzene rings is 2. The van der Waals surface area contributed by atoms with Crippen molar-refractivity contribution >= 4 is 17.7 Å². The Kier molecular flexibility index (Phi) is 6.59. The summed E-state index contributed by atoms with van der Waals surface area (Å²) in [6, 6.07) is 18.9. The summed E-state index contributed by atoms with van der Waals surface area (Å²) in [6.45, 7) is 7.35. The van der Waals surface area contributed by atoms with Gasteiger partial charge >= 0.3 is 0 Å². The first-order valence-corrected chi connectivity index (χ1v) is 14.4. The smallest absolute Gasteiger partial charge is 0.274 e. The molecular formula is C30H34N4O2S. The van der Waals surface area contributed by atoms with Crippen LogP contribution in [0.25, 0.3) is 0 Å². The van der Waals surface area contributed by atoms with Crippen LogP contribution in [0.3, 0.4) is 0 Å². The fourth-order valence-electron chi connectivity index (χ4n) is 6.14. The van der Waals surface area contributed by atoms with Gasteiger partial charge in [-0.3, -0.25) is 24.2 Å². The Labute approximate surface area is 222 Å². The molecule has 6 rings (SSSR count). The average Bonchev–Trinajstić information content (AvgIpc) is 3.08. The van der Waals surface area contributed by atoms with E-state index >= 15 is 0 Å². The van der Waals surface area contributed by atoms with Crippen LogP contribution in [0.2, 0.25) is 0 Å². The molecule has 0 saturated carbocycles. The van der Waals surface area contributed by atoms with Crippen LogP contribution in [0.5, 0.6) is 0 Å². The molecule has 3 aromatic rings. The van der Waals surface area contributed by atoms with Gasteiger partial charge in [0.2, 0.25) is 0 Å².